The monoisotopic (exact) mass is 341 g/mol. The van der Waals surface area contributed by atoms with Crippen molar-refractivity contribution in [2.45, 2.75) is 20.0 Å². The zero-order valence-corrected chi connectivity index (χ0v) is 14.0. The van der Waals surface area contributed by atoms with Gasteiger partial charge in [-0.25, -0.2) is 4.68 Å². The van der Waals surface area contributed by atoms with Crippen molar-refractivity contribution < 1.29 is 9.90 Å². The third-order valence-corrected chi connectivity index (χ3v) is 4.66. The van der Waals surface area contributed by atoms with Crippen LogP contribution in [0.3, 0.4) is 0 Å². The Balaban J connectivity index is 2.15. The van der Waals surface area contributed by atoms with Crippen LogP contribution in [0, 0.1) is 13.8 Å². The van der Waals surface area contributed by atoms with E-state index in [0.29, 0.717) is 20.5 Å². The number of carbonyl (C=O) groups is 1. The van der Waals surface area contributed by atoms with Gasteiger partial charge >= 0.3 is 0 Å². The molecule has 118 valence electrons. The van der Waals surface area contributed by atoms with Crippen molar-refractivity contribution in [3.8, 4) is 0 Å². The summed E-state index contributed by atoms with van der Waals surface area (Å²) in [7, 11) is 1.49. The second-order valence-corrected chi connectivity index (χ2v) is 6.63. The number of amides is 1. The first-order chi connectivity index (χ1) is 10.3. The van der Waals surface area contributed by atoms with Crippen molar-refractivity contribution in [3.63, 3.8) is 0 Å². The quantitative estimate of drug-likeness (QED) is 0.884. The van der Waals surface area contributed by atoms with Gasteiger partial charge in [-0.15, -0.1) is 11.3 Å². The molecule has 2 aromatic rings. The van der Waals surface area contributed by atoms with Crippen LogP contribution < -0.4 is 10.9 Å². The number of hydrogen-bond acceptors (Lipinski definition) is 5. The van der Waals surface area contributed by atoms with Crippen molar-refractivity contribution in [2.75, 3.05) is 6.54 Å². The lowest BCUT2D eigenvalue weighted by atomic mass is 10.1. The number of rotatable bonds is 4. The summed E-state index contributed by atoms with van der Waals surface area (Å²) in [6.07, 6.45) is -0.867. The molecule has 0 bridgehead atoms. The molecule has 0 aliphatic heterocycles. The van der Waals surface area contributed by atoms with E-state index in [4.69, 9.17) is 11.6 Å². The van der Waals surface area contributed by atoms with Crippen LogP contribution in [-0.2, 0) is 7.05 Å². The molecule has 2 heterocycles. The predicted octanol–water partition coefficient (Wildman–Crippen LogP) is 1.58. The highest BCUT2D eigenvalue weighted by Crippen LogP contribution is 2.26. The molecule has 0 saturated heterocycles. The number of thiophene rings is 1. The van der Waals surface area contributed by atoms with E-state index in [9.17, 15) is 14.7 Å². The number of carbonyl (C=O) groups excluding carboxylic acids is 1. The van der Waals surface area contributed by atoms with Gasteiger partial charge in [-0.05, 0) is 31.5 Å². The third-order valence-electron chi connectivity index (χ3n) is 3.33. The standard InChI is InChI=1S/C14H16ClN3O3S/c1-7-8(2)17-18(3)14(21)12(7)13(20)16-6-9(19)10-4-5-11(15)22-10/h4-5,9,19H,6H2,1-3H3,(H,16,20). The van der Waals surface area contributed by atoms with E-state index in [1.807, 2.05) is 0 Å². The molecule has 0 radical (unpaired) electrons. The number of halogens is 1. The second-order valence-electron chi connectivity index (χ2n) is 4.88. The topological polar surface area (TPSA) is 84.2 Å². The number of nitrogens with zero attached hydrogens (tertiary/aromatic N) is 2. The molecule has 0 fully saturated rings. The molecule has 2 rings (SSSR count). The smallest absolute Gasteiger partial charge is 0.279 e. The first-order valence-electron chi connectivity index (χ1n) is 6.57. The van der Waals surface area contributed by atoms with E-state index in [1.165, 1.54) is 18.4 Å². The Morgan fingerprint density at radius 1 is 1.50 bits per heavy atom. The SMILES string of the molecule is Cc1nn(C)c(=O)c(C(=O)NCC(O)c2ccc(Cl)s2)c1C. The Morgan fingerprint density at radius 2 is 2.18 bits per heavy atom. The lowest BCUT2D eigenvalue weighted by molar-refractivity contribution is 0.0914. The van der Waals surface area contributed by atoms with Crippen molar-refractivity contribution in [2.24, 2.45) is 7.05 Å². The minimum atomic E-state index is -0.867. The summed E-state index contributed by atoms with van der Waals surface area (Å²) in [4.78, 5) is 25.0. The molecule has 0 aliphatic rings. The van der Waals surface area contributed by atoms with Gasteiger partial charge in [0.25, 0.3) is 11.5 Å². The minimum absolute atomic E-state index is 0.000357. The molecular formula is C14H16ClN3O3S. The van der Waals surface area contributed by atoms with Crippen molar-refractivity contribution in [1.29, 1.82) is 0 Å². The van der Waals surface area contributed by atoms with E-state index in [-0.39, 0.29) is 12.1 Å². The van der Waals surface area contributed by atoms with Crippen LogP contribution in [0.5, 0.6) is 0 Å². The minimum Gasteiger partial charge on any atom is -0.386 e. The predicted molar refractivity (Wildman–Crippen MR) is 85.6 cm³/mol. The first-order valence-corrected chi connectivity index (χ1v) is 7.76. The van der Waals surface area contributed by atoms with E-state index in [1.54, 1.807) is 26.0 Å². The zero-order valence-electron chi connectivity index (χ0n) is 12.4. The largest absolute Gasteiger partial charge is 0.386 e. The molecule has 2 N–H and O–H groups in total. The molecule has 0 saturated carbocycles. The van der Waals surface area contributed by atoms with Gasteiger partial charge in [-0.2, -0.15) is 5.10 Å². The summed E-state index contributed by atoms with van der Waals surface area (Å²) in [5.74, 6) is -0.523. The first kappa shape index (κ1) is 16.7. The lowest BCUT2D eigenvalue weighted by Crippen LogP contribution is -2.36. The summed E-state index contributed by atoms with van der Waals surface area (Å²) in [5.41, 5.74) is 0.729. The number of aliphatic hydroxyl groups is 1. The summed E-state index contributed by atoms with van der Waals surface area (Å²) < 4.78 is 1.70. The Kier molecular flexibility index (Phi) is 5.00. The molecule has 1 amide bonds. The maximum Gasteiger partial charge on any atom is 0.279 e. The van der Waals surface area contributed by atoms with Crippen molar-refractivity contribution in [1.82, 2.24) is 15.1 Å². The van der Waals surface area contributed by atoms with Crippen molar-refractivity contribution in [3.05, 3.63) is 48.5 Å². The number of aromatic nitrogens is 2. The van der Waals surface area contributed by atoms with Gasteiger partial charge in [0.15, 0.2) is 0 Å². The van der Waals surface area contributed by atoms with E-state index in [0.717, 1.165) is 4.68 Å². The Bertz CT molecular complexity index is 769. The highest BCUT2D eigenvalue weighted by Gasteiger charge is 2.19. The van der Waals surface area contributed by atoms with Gasteiger partial charge in [0, 0.05) is 18.5 Å². The van der Waals surface area contributed by atoms with E-state index < -0.39 is 17.6 Å². The Labute approximate surface area is 136 Å². The molecule has 8 heteroatoms. The Morgan fingerprint density at radius 3 is 2.77 bits per heavy atom. The Hall–Kier alpha value is -1.70. The number of aryl methyl sites for hydroxylation is 2. The molecule has 0 aromatic carbocycles. The fraction of sp³-hybridized carbons (Fsp3) is 0.357. The van der Waals surface area contributed by atoms with Crippen LogP contribution in [0.25, 0.3) is 0 Å². The highest BCUT2D eigenvalue weighted by molar-refractivity contribution is 7.16. The summed E-state index contributed by atoms with van der Waals surface area (Å²) in [6.45, 7) is 3.40. The average Bonchev–Trinajstić information content (AvgIpc) is 2.89. The molecule has 0 spiro atoms. The molecule has 22 heavy (non-hydrogen) atoms. The summed E-state index contributed by atoms with van der Waals surface area (Å²) >= 11 is 7.05. The van der Waals surface area contributed by atoms with Crippen LogP contribution in [0.15, 0.2) is 16.9 Å². The van der Waals surface area contributed by atoms with Crippen molar-refractivity contribution >= 4 is 28.8 Å². The molecule has 0 aliphatic carbocycles. The third kappa shape index (κ3) is 3.37. The van der Waals surface area contributed by atoms with Crippen LogP contribution in [0.4, 0.5) is 0 Å². The number of hydrogen-bond donors (Lipinski definition) is 2. The molecule has 1 atom stereocenters. The van der Waals surface area contributed by atoms with E-state index in [2.05, 4.69) is 10.4 Å². The number of aliphatic hydroxyl groups excluding tert-OH is 1. The molecule has 2 aromatic heterocycles. The van der Waals surface area contributed by atoms with Gasteiger partial charge in [0.1, 0.15) is 11.7 Å². The maximum atomic E-state index is 12.2. The van der Waals surface area contributed by atoms with Crippen LogP contribution in [-0.4, -0.2) is 27.3 Å². The van der Waals surface area contributed by atoms with Gasteiger partial charge in [0.2, 0.25) is 0 Å². The van der Waals surface area contributed by atoms with Crippen LogP contribution >= 0.6 is 22.9 Å². The van der Waals surface area contributed by atoms with Gasteiger partial charge in [-0.3, -0.25) is 9.59 Å². The van der Waals surface area contributed by atoms with Crippen LogP contribution in [0.1, 0.15) is 32.6 Å². The molecule has 6 nitrogen and oxygen atoms in total. The number of nitrogens with one attached hydrogen (secondary N) is 1. The van der Waals surface area contributed by atoms with Gasteiger partial charge in [0.05, 0.1) is 10.0 Å². The van der Waals surface area contributed by atoms with E-state index >= 15 is 0 Å². The highest BCUT2D eigenvalue weighted by atomic mass is 35.5. The average molecular weight is 342 g/mol. The zero-order chi connectivity index (χ0) is 16.4. The van der Waals surface area contributed by atoms with Gasteiger partial charge < -0.3 is 10.4 Å². The van der Waals surface area contributed by atoms with Crippen LogP contribution in [0.2, 0.25) is 4.34 Å². The fourth-order valence-electron chi connectivity index (χ4n) is 2.00. The molecular weight excluding hydrogens is 326 g/mol. The lowest BCUT2D eigenvalue weighted by Gasteiger charge is -2.12. The molecule has 1 unspecified atom stereocenters. The second kappa shape index (κ2) is 6.60. The fourth-order valence-corrected chi connectivity index (χ4v) is 3.05. The van der Waals surface area contributed by atoms with Gasteiger partial charge in [-0.1, -0.05) is 11.6 Å². The summed E-state index contributed by atoms with van der Waals surface area (Å²) in [6, 6.07) is 3.38. The summed E-state index contributed by atoms with van der Waals surface area (Å²) in [5, 5.41) is 16.6. The maximum absolute atomic E-state index is 12.2. The normalized spacial score (nSPS) is 12.2.